The standard InChI is InChI=1S/C16H19ClN4S/c1-21(2)15(12-6-5-9-18-10-12)11-19-16(22)20-14-8-4-3-7-13(14)17/h3-10,15H,11H2,1-2H3,(H2,19,20,22)/p+1. The van der Waals surface area contributed by atoms with Crippen molar-refractivity contribution in [3.63, 3.8) is 0 Å². The van der Waals surface area contributed by atoms with Gasteiger partial charge < -0.3 is 15.5 Å². The number of benzene rings is 1. The molecule has 6 heteroatoms. The van der Waals surface area contributed by atoms with Crippen LogP contribution in [-0.4, -0.2) is 30.7 Å². The third-order valence-corrected chi connectivity index (χ3v) is 3.95. The summed E-state index contributed by atoms with van der Waals surface area (Å²) in [5.41, 5.74) is 1.98. The first-order valence-corrected chi connectivity index (χ1v) is 7.86. The number of likely N-dealkylation sites (N-methyl/N-ethyl adjacent to an activating group) is 1. The average molecular weight is 336 g/mol. The summed E-state index contributed by atoms with van der Waals surface area (Å²) in [6, 6.07) is 11.8. The minimum Gasteiger partial charge on any atom is -0.356 e. The van der Waals surface area contributed by atoms with Crippen molar-refractivity contribution < 1.29 is 4.90 Å². The molecule has 1 unspecified atom stereocenters. The van der Waals surface area contributed by atoms with Crippen molar-refractivity contribution in [3.8, 4) is 0 Å². The number of anilines is 1. The fourth-order valence-corrected chi connectivity index (χ4v) is 2.54. The Morgan fingerprint density at radius 2 is 2.05 bits per heavy atom. The first-order valence-electron chi connectivity index (χ1n) is 7.07. The molecular weight excluding hydrogens is 316 g/mol. The molecule has 2 aromatic rings. The summed E-state index contributed by atoms with van der Waals surface area (Å²) in [4.78, 5) is 5.49. The van der Waals surface area contributed by atoms with Gasteiger partial charge in [0, 0.05) is 18.0 Å². The zero-order valence-electron chi connectivity index (χ0n) is 12.6. The van der Waals surface area contributed by atoms with E-state index in [0.717, 1.165) is 5.69 Å². The molecule has 2 rings (SSSR count). The lowest BCUT2D eigenvalue weighted by molar-refractivity contribution is -0.890. The minimum atomic E-state index is 0.264. The predicted molar refractivity (Wildman–Crippen MR) is 95.5 cm³/mol. The molecule has 0 bridgehead atoms. The summed E-state index contributed by atoms with van der Waals surface area (Å²) in [5.74, 6) is 0. The lowest BCUT2D eigenvalue weighted by atomic mass is 10.1. The van der Waals surface area contributed by atoms with E-state index in [-0.39, 0.29) is 6.04 Å². The maximum Gasteiger partial charge on any atom is 0.171 e. The van der Waals surface area contributed by atoms with Crippen LogP contribution in [0.1, 0.15) is 11.6 Å². The molecule has 1 heterocycles. The zero-order chi connectivity index (χ0) is 15.9. The van der Waals surface area contributed by atoms with Crippen molar-refractivity contribution in [2.45, 2.75) is 6.04 Å². The van der Waals surface area contributed by atoms with E-state index in [2.05, 4.69) is 35.8 Å². The summed E-state index contributed by atoms with van der Waals surface area (Å²) in [7, 11) is 4.23. The van der Waals surface area contributed by atoms with Crippen LogP contribution in [0, 0.1) is 0 Å². The van der Waals surface area contributed by atoms with Gasteiger partial charge in [0.25, 0.3) is 0 Å². The molecular formula is C16H20ClN4S+. The molecule has 0 aliphatic heterocycles. The number of nitrogens with one attached hydrogen (secondary N) is 3. The Balaban J connectivity index is 1.95. The van der Waals surface area contributed by atoms with Crippen molar-refractivity contribution in [2.24, 2.45) is 0 Å². The fraction of sp³-hybridized carbons (Fsp3) is 0.250. The van der Waals surface area contributed by atoms with Crippen LogP contribution < -0.4 is 15.5 Å². The maximum atomic E-state index is 6.12. The molecule has 0 aliphatic rings. The van der Waals surface area contributed by atoms with Gasteiger partial charge in [-0.05, 0) is 36.5 Å². The molecule has 0 spiro atoms. The third-order valence-electron chi connectivity index (χ3n) is 3.37. The highest BCUT2D eigenvalue weighted by molar-refractivity contribution is 7.80. The molecule has 3 N–H and O–H groups in total. The number of quaternary nitrogens is 1. The molecule has 0 saturated carbocycles. The number of hydrogen-bond donors (Lipinski definition) is 3. The number of halogens is 1. The molecule has 0 saturated heterocycles. The average Bonchev–Trinajstić information content (AvgIpc) is 2.50. The highest BCUT2D eigenvalue weighted by atomic mass is 35.5. The molecule has 22 heavy (non-hydrogen) atoms. The van der Waals surface area contributed by atoms with Gasteiger partial charge in [-0.1, -0.05) is 23.7 Å². The van der Waals surface area contributed by atoms with E-state index in [9.17, 15) is 0 Å². The molecule has 4 nitrogen and oxygen atoms in total. The molecule has 0 amide bonds. The Morgan fingerprint density at radius 1 is 1.27 bits per heavy atom. The van der Waals surface area contributed by atoms with Gasteiger partial charge in [-0.3, -0.25) is 4.98 Å². The van der Waals surface area contributed by atoms with Gasteiger partial charge in [-0.2, -0.15) is 0 Å². The van der Waals surface area contributed by atoms with Crippen LogP contribution in [0.4, 0.5) is 5.69 Å². The van der Waals surface area contributed by atoms with E-state index < -0.39 is 0 Å². The van der Waals surface area contributed by atoms with Crippen molar-refractivity contribution >= 4 is 34.6 Å². The normalized spacial score (nSPS) is 12.0. The van der Waals surface area contributed by atoms with Gasteiger partial charge in [-0.25, -0.2) is 0 Å². The second-order valence-electron chi connectivity index (χ2n) is 5.23. The van der Waals surface area contributed by atoms with E-state index in [1.807, 2.05) is 36.5 Å². The smallest absolute Gasteiger partial charge is 0.171 e. The summed E-state index contributed by atoms with van der Waals surface area (Å²) < 4.78 is 0. The van der Waals surface area contributed by atoms with Gasteiger partial charge >= 0.3 is 0 Å². The highest BCUT2D eigenvalue weighted by Crippen LogP contribution is 2.20. The van der Waals surface area contributed by atoms with Crippen LogP contribution in [0.5, 0.6) is 0 Å². The molecule has 0 radical (unpaired) electrons. The second kappa shape index (κ2) is 8.08. The van der Waals surface area contributed by atoms with Crippen molar-refractivity contribution in [1.82, 2.24) is 10.3 Å². The van der Waals surface area contributed by atoms with Crippen molar-refractivity contribution in [2.75, 3.05) is 26.0 Å². The summed E-state index contributed by atoms with van der Waals surface area (Å²) in [6.45, 7) is 0.713. The van der Waals surface area contributed by atoms with E-state index in [0.29, 0.717) is 16.7 Å². The van der Waals surface area contributed by atoms with Gasteiger partial charge in [0.15, 0.2) is 5.11 Å². The number of hydrogen-bond acceptors (Lipinski definition) is 2. The Hall–Kier alpha value is -1.69. The SMILES string of the molecule is C[NH+](C)C(CNC(=S)Nc1ccccc1Cl)c1cccnc1. The van der Waals surface area contributed by atoms with E-state index in [1.165, 1.54) is 10.5 Å². The number of nitrogens with zero attached hydrogens (tertiary/aromatic N) is 1. The summed E-state index contributed by atoms with van der Waals surface area (Å²) >= 11 is 11.5. The van der Waals surface area contributed by atoms with Crippen LogP contribution in [-0.2, 0) is 0 Å². The lowest BCUT2D eigenvalue weighted by Crippen LogP contribution is -3.07. The number of pyridine rings is 1. The Morgan fingerprint density at radius 3 is 2.68 bits per heavy atom. The van der Waals surface area contributed by atoms with Crippen LogP contribution in [0.15, 0.2) is 48.8 Å². The summed E-state index contributed by atoms with van der Waals surface area (Å²) in [6.07, 6.45) is 3.67. The monoisotopic (exact) mass is 335 g/mol. The quantitative estimate of drug-likeness (QED) is 0.730. The molecule has 1 aromatic heterocycles. The first-order chi connectivity index (χ1) is 10.6. The van der Waals surface area contributed by atoms with E-state index in [4.69, 9.17) is 23.8 Å². The van der Waals surface area contributed by atoms with Crippen LogP contribution in [0.3, 0.4) is 0 Å². The number of rotatable bonds is 5. The van der Waals surface area contributed by atoms with Gasteiger partial charge in [0.05, 0.1) is 31.4 Å². The van der Waals surface area contributed by atoms with E-state index in [1.54, 1.807) is 6.20 Å². The van der Waals surface area contributed by atoms with Gasteiger partial charge in [0.1, 0.15) is 6.04 Å². The number of aromatic nitrogens is 1. The van der Waals surface area contributed by atoms with Crippen LogP contribution in [0.25, 0.3) is 0 Å². The maximum absolute atomic E-state index is 6.12. The Kier molecular flexibility index (Phi) is 6.12. The highest BCUT2D eigenvalue weighted by Gasteiger charge is 2.18. The predicted octanol–water partition coefficient (Wildman–Crippen LogP) is 1.91. The van der Waals surface area contributed by atoms with Crippen molar-refractivity contribution in [3.05, 3.63) is 59.4 Å². The fourth-order valence-electron chi connectivity index (χ4n) is 2.16. The lowest BCUT2D eigenvalue weighted by Gasteiger charge is -2.22. The molecule has 0 fully saturated rings. The Labute approximate surface area is 141 Å². The number of para-hydroxylation sites is 1. The minimum absolute atomic E-state index is 0.264. The van der Waals surface area contributed by atoms with Crippen LogP contribution in [0.2, 0.25) is 5.02 Å². The molecule has 116 valence electrons. The molecule has 1 aromatic carbocycles. The van der Waals surface area contributed by atoms with Gasteiger partial charge in [0.2, 0.25) is 0 Å². The summed E-state index contributed by atoms with van der Waals surface area (Å²) in [5, 5.41) is 7.58. The topological polar surface area (TPSA) is 41.4 Å². The van der Waals surface area contributed by atoms with Crippen LogP contribution >= 0.6 is 23.8 Å². The Bertz CT molecular complexity index is 619. The molecule has 1 atom stereocenters. The van der Waals surface area contributed by atoms with E-state index >= 15 is 0 Å². The largest absolute Gasteiger partial charge is 0.356 e. The second-order valence-corrected chi connectivity index (χ2v) is 6.05. The van der Waals surface area contributed by atoms with Crippen molar-refractivity contribution in [1.29, 1.82) is 0 Å². The molecule has 0 aliphatic carbocycles. The number of thiocarbonyl (C=S) groups is 1. The third kappa shape index (κ3) is 4.66. The zero-order valence-corrected chi connectivity index (χ0v) is 14.2. The van der Waals surface area contributed by atoms with Gasteiger partial charge in [-0.15, -0.1) is 0 Å². The first kappa shape index (κ1) is 16.7.